The van der Waals surface area contributed by atoms with E-state index in [-0.39, 0.29) is 10.9 Å². The van der Waals surface area contributed by atoms with Crippen LogP contribution < -0.4 is 5.32 Å². The molecule has 0 aliphatic carbocycles. The second kappa shape index (κ2) is 8.07. The Hall–Kier alpha value is -0.700. The minimum Gasteiger partial charge on any atom is -0.383 e. The number of pyridine rings is 1. The van der Waals surface area contributed by atoms with Crippen molar-refractivity contribution >= 4 is 31.8 Å². The average molecular weight is 380 g/mol. The molecule has 8 heteroatoms. The van der Waals surface area contributed by atoms with Crippen LogP contribution in [0.2, 0.25) is 0 Å². The highest BCUT2D eigenvalue weighted by Crippen LogP contribution is 2.26. The van der Waals surface area contributed by atoms with E-state index in [1.54, 1.807) is 33.3 Å². The van der Waals surface area contributed by atoms with Crippen molar-refractivity contribution in [1.82, 2.24) is 9.29 Å². The van der Waals surface area contributed by atoms with Crippen molar-refractivity contribution in [1.29, 1.82) is 0 Å². The molecular weight excluding hydrogens is 358 g/mol. The van der Waals surface area contributed by atoms with Gasteiger partial charge in [0.25, 0.3) is 0 Å². The van der Waals surface area contributed by atoms with Crippen molar-refractivity contribution < 1.29 is 13.2 Å². The zero-order valence-electron chi connectivity index (χ0n) is 12.8. The predicted octanol–water partition coefficient (Wildman–Crippen LogP) is 2.32. The summed E-state index contributed by atoms with van der Waals surface area (Å²) in [5.74, 6) is 0.372. The number of hydrogen-bond acceptors (Lipinski definition) is 5. The van der Waals surface area contributed by atoms with Gasteiger partial charge in [0.05, 0.1) is 6.61 Å². The van der Waals surface area contributed by atoms with Crippen molar-refractivity contribution in [2.45, 2.75) is 31.2 Å². The molecule has 1 atom stereocenters. The van der Waals surface area contributed by atoms with Crippen LogP contribution in [0.5, 0.6) is 0 Å². The highest BCUT2D eigenvalue weighted by Gasteiger charge is 2.28. The third-order valence-electron chi connectivity index (χ3n) is 3.05. The molecular formula is C13H22BrN3O3S. The summed E-state index contributed by atoms with van der Waals surface area (Å²) in [5, 5.41) is 3.05. The highest BCUT2D eigenvalue weighted by atomic mass is 79.9. The number of ether oxygens (including phenoxy) is 1. The van der Waals surface area contributed by atoms with Gasteiger partial charge in [0.1, 0.15) is 10.7 Å². The molecule has 1 N–H and O–H groups in total. The molecule has 1 aromatic heterocycles. The maximum Gasteiger partial charge on any atom is 0.246 e. The normalized spacial score (nSPS) is 13.4. The number of likely N-dealkylation sites (N-methyl/N-ethyl adjacent to an activating group) is 1. The lowest BCUT2D eigenvalue weighted by molar-refractivity contribution is 0.149. The standard InChI is InChI=1S/C13H22BrN3O3S/c1-5-6-15-13-12(7-11(14)8-16-13)21(18,19)17(3)10(2)9-20-4/h7-8,10H,5-6,9H2,1-4H3,(H,15,16). The monoisotopic (exact) mass is 379 g/mol. The maximum atomic E-state index is 12.8. The molecule has 6 nitrogen and oxygen atoms in total. The summed E-state index contributed by atoms with van der Waals surface area (Å²) in [6.45, 7) is 4.79. The average Bonchev–Trinajstić information content (AvgIpc) is 2.45. The zero-order chi connectivity index (χ0) is 16.0. The topological polar surface area (TPSA) is 71.5 Å². The van der Waals surface area contributed by atoms with Gasteiger partial charge < -0.3 is 10.1 Å². The summed E-state index contributed by atoms with van der Waals surface area (Å²) in [6, 6.07) is 1.30. The largest absolute Gasteiger partial charge is 0.383 e. The Morgan fingerprint density at radius 2 is 2.19 bits per heavy atom. The van der Waals surface area contributed by atoms with Crippen LogP contribution in [0, 0.1) is 0 Å². The van der Waals surface area contributed by atoms with Gasteiger partial charge in [-0.3, -0.25) is 0 Å². The van der Waals surface area contributed by atoms with Crippen LogP contribution >= 0.6 is 15.9 Å². The third-order valence-corrected chi connectivity index (χ3v) is 5.47. The van der Waals surface area contributed by atoms with E-state index in [0.717, 1.165) is 6.42 Å². The van der Waals surface area contributed by atoms with Gasteiger partial charge >= 0.3 is 0 Å². The van der Waals surface area contributed by atoms with E-state index < -0.39 is 10.0 Å². The summed E-state index contributed by atoms with van der Waals surface area (Å²) >= 11 is 3.28. The Bertz CT molecular complexity index is 566. The van der Waals surface area contributed by atoms with Crippen LogP contribution in [0.25, 0.3) is 0 Å². The molecule has 0 radical (unpaired) electrons. The maximum absolute atomic E-state index is 12.8. The van der Waals surface area contributed by atoms with Crippen LogP contribution in [0.4, 0.5) is 5.82 Å². The second-order valence-corrected chi connectivity index (χ2v) is 7.63. The number of halogens is 1. The fraction of sp³-hybridized carbons (Fsp3) is 0.615. The van der Waals surface area contributed by atoms with Gasteiger partial charge in [0.15, 0.2) is 0 Å². The number of aromatic nitrogens is 1. The number of nitrogens with zero attached hydrogens (tertiary/aromatic N) is 2. The number of methoxy groups -OCH3 is 1. The molecule has 0 aromatic carbocycles. The van der Waals surface area contributed by atoms with Crippen LogP contribution in [-0.4, -0.2) is 51.1 Å². The number of anilines is 1. The van der Waals surface area contributed by atoms with Gasteiger partial charge in [0.2, 0.25) is 10.0 Å². The highest BCUT2D eigenvalue weighted by molar-refractivity contribution is 9.10. The van der Waals surface area contributed by atoms with Crippen molar-refractivity contribution in [2.75, 3.05) is 32.6 Å². The Labute approximate surface area is 135 Å². The van der Waals surface area contributed by atoms with E-state index in [2.05, 4.69) is 26.2 Å². The van der Waals surface area contributed by atoms with E-state index in [1.807, 2.05) is 6.92 Å². The quantitative estimate of drug-likeness (QED) is 0.750. The number of rotatable bonds is 8. The van der Waals surface area contributed by atoms with Crippen LogP contribution in [-0.2, 0) is 14.8 Å². The molecule has 21 heavy (non-hydrogen) atoms. The molecule has 0 spiro atoms. The van der Waals surface area contributed by atoms with E-state index in [9.17, 15) is 8.42 Å². The molecule has 0 bridgehead atoms. The van der Waals surface area contributed by atoms with Crippen LogP contribution in [0.15, 0.2) is 21.6 Å². The van der Waals surface area contributed by atoms with Gasteiger partial charge in [-0.15, -0.1) is 0 Å². The molecule has 120 valence electrons. The lowest BCUT2D eigenvalue weighted by Crippen LogP contribution is -2.38. The molecule has 1 unspecified atom stereocenters. The smallest absolute Gasteiger partial charge is 0.246 e. The molecule has 1 aromatic rings. The molecule has 0 amide bonds. The Kier molecular flexibility index (Phi) is 7.05. The van der Waals surface area contributed by atoms with Crippen molar-refractivity contribution in [2.24, 2.45) is 0 Å². The lowest BCUT2D eigenvalue weighted by atomic mass is 10.4. The lowest BCUT2D eigenvalue weighted by Gasteiger charge is -2.24. The minimum atomic E-state index is -3.65. The first-order chi connectivity index (χ1) is 9.84. The summed E-state index contributed by atoms with van der Waals surface area (Å²) in [7, 11) is -0.553. The first-order valence-corrected chi connectivity index (χ1v) is 8.94. The SMILES string of the molecule is CCCNc1ncc(Br)cc1S(=O)(=O)N(C)C(C)COC. The van der Waals surface area contributed by atoms with Gasteiger partial charge in [-0.05, 0) is 35.3 Å². The first-order valence-electron chi connectivity index (χ1n) is 6.71. The van der Waals surface area contributed by atoms with Gasteiger partial charge in [-0.2, -0.15) is 4.31 Å². The first kappa shape index (κ1) is 18.3. The molecule has 0 aliphatic heterocycles. The summed E-state index contributed by atoms with van der Waals surface area (Å²) in [6.07, 6.45) is 2.46. The Morgan fingerprint density at radius 3 is 2.76 bits per heavy atom. The Balaban J connectivity index is 3.19. The number of sulfonamides is 1. The third kappa shape index (κ3) is 4.64. The molecule has 0 fully saturated rings. The van der Waals surface area contributed by atoms with Crippen molar-refractivity contribution in [3.05, 3.63) is 16.7 Å². The minimum absolute atomic E-state index is 0.163. The fourth-order valence-electron chi connectivity index (χ4n) is 1.73. The summed E-state index contributed by atoms with van der Waals surface area (Å²) in [4.78, 5) is 4.34. The molecule has 0 saturated heterocycles. The van der Waals surface area contributed by atoms with Crippen molar-refractivity contribution in [3.8, 4) is 0 Å². The molecule has 1 rings (SSSR count). The van der Waals surface area contributed by atoms with Crippen LogP contribution in [0.3, 0.4) is 0 Å². The second-order valence-electron chi connectivity index (χ2n) is 4.75. The number of hydrogen-bond donors (Lipinski definition) is 1. The van der Waals surface area contributed by atoms with E-state index in [1.165, 1.54) is 4.31 Å². The molecule has 0 aliphatic rings. The van der Waals surface area contributed by atoms with Gasteiger partial charge in [-0.1, -0.05) is 6.92 Å². The van der Waals surface area contributed by atoms with E-state index in [4.69, 9.17) is 4.74 Å². The fourth-order valence-corrected chi connectivity index (χ4v) is 3.70. The zero-order valence-corrected chi connectivity index (χ0v) is 15.2. The Morgan fingerprint density at radius 1 is 1.52 bits per heavy atom. The van der Waals surface area contributed by atoms with E-state index >= 15 is 0 Å². The number of nitrogens with one attached hydrogen (secondary N) is 1. The predicted molar refractivity (Wildman–Crippen MR) is 87.0 cm³/mol. The van der Waals surface area contributed by atoms with Crippen LogP contribution in [0.1, 0.15) is 20.3 Å². The molecule has 0 saturated carbocycles. The van der Waals surface area contributed by atoms with Crippen molar-refractivity contribution in [3.63, 3.8) is 0 Å². The summed E-state index contributed by atoms with van der Waals surface area (Å²) in [5.41, 5.74) is 0. The van der Waals surface area contributed by atoms with Gasteiger partial charge in [0, 0.05) is 37.4 Å². The molecule has 1 heterocycles. The summed E-state index contributed by atoms with van der Waals surface area (Å²) < 4.78 is 32.5. The van der Waals surface area contributed by atoms with Gasteiger partial charge in [-0.25, -0.2) is 13.4 Å². The van der Waals surface area contributed by atoms with E-state index in [0.29, 0.717) is 23.4 Å².